The van der Waals surface area contributed by atoms with Gasteiger partial charge in [0, 0.05) is 17.5 Å². The summed E-state index contributed by atoms with van der Waals surface area (Å²) in [6.07, 6.45) is 7.73. The van der Waals surface area contributed by atoms with Crippen LogP contribution in [0.25, 0.3) is 0 Å². The molecule has 0 aliphatic heterocycles. The Morgan fingerprint density at radius 3 is 2.76 bits per heavy atom. The predicted octanol–water partition coefficient (Wildman–Crippen LogP) is 2.87. The molecule has 2 fully saturated rings. The van der Waals surface area contributed by atoms with Crippen molar-refractivity contribution in [3.63, 3.8) is 0 Å². The van der Waals surface area contributed by atoms with Gasteiger partial charge in [-0.2, -0.15) is 0 Å². The van der Waals surface area contributed by atoms with Crippen molar-refractivity contribution in [3.05, 3.63) is 35.4 Å². The van der Waals surface area contributed by atoms with Crippen LogP contribution in [-0.4, -0.2) is 11.9 Å². The second-order valence-corrected chi connectivity index (χ2v) is 6.95. The number of hydrogen-bond donors (Lipinski definition) is 2. The summed E-state index contributed by atoms with van der Waals surface area (Å²) in [6.45, 7) is 2.02. The fraction of sp³-hybridized carbons (Fsp3) is 0.611. The van der Waals surface area contributed by atoms with Gasteiger partial charge < -0.3 is 11.1 Å². The number of hydrogen-bond acceptors (Lipinski definition) is 2. The third-order valence-electron chi connectivity index (χ3n) is 4.98. The van der Waals surface area contributed by atoms with Crippen molar-refractivity contribution < 1.29 is 4.79 Å². The molecule has 2 aliphatic rings. The highest BCUT2D eigenvalue weighted by Crippen LogP contribution is 2.42. The molecule has 0 bridgehead atoms. The zero-order valence-corrected chi connectivity index (χ0v) is 12.9. The molecule has 3 nitrogen and oxygen atoms in total. The van der Waals surface area contributed by atoms with Crippen LogP contribution in [-0.2, 0) is 16.8 Å². The van der Waals surface area contributed by atoms with Gasteiger partial charge >= 0.3 is 0 Å². The van der Waals surface area contributed by atoms with E-state index in [-0.39, 0.29) is 17.4 Å². The fourth-order valence-electron chi connectivity index (χ4n) is 3.29. The van der Waals surface area contributed by atoms with Gasteiger partial charge in [0.1, 0.15) is 0 Å². The molecule has 1 aromatic rings. The van der Waals surface area contributed by atoms with Gasteiger partial charge in [-0.05, 0) is 43.2 Å². The minimum atomic E-state index is -0.0919. The average molecular weight is 286 g/mol. The minimum absolute atomic E-state index is 0.0220. The summed E-state index contributed by atoms with van der Waals surface area (Å²) >= 11 is 0. The molecule has 2 aliphatic carbocycles. The Labute approximate surface area is 127 Å². The normalized spacial score (nSPS) is 22.0. The van der Waals surface area contributed by atoms with E-state index in [9.17, 15) is 4.79 Å². The molecule has 1 aromatic carbocycles. The first kappa shape index (κ1) is 14.6. The second kappa shape index (κ2) is 5.80. The molecule has 0 spiro atoms. The Morgan fingerprint density at radius 1 is 1.38 bits per heavy atom. The van der Waals surface area contributed by atoms with Crippen molar-refractivity contribution in [3.8, 4) is 0 Å². The van der Waals surface area contributed by atoms with Gasteiger partial charge in [0.05, 0.1) is 0 Å². The molecule has 0 heterocycles. The van der Waals surface area contributed by atoms with Crippen LogP contribution in [0.3, 0.4) is 0 Å². The maximum absolute atomic E-state index is 12.3. The van der Waals surface area contributed by atoms with Gasteiger partial charge in [0.15, 0.2) is 0 Å². The largest absolute Gasteiger partial charge is 0.353 e. The third-order valence-corrected chi connectivity index (χ3v) is 4.98. The number of nitrogens with two attached hydrogens (primary N) is 1. The van der Waals surface area contributed by atoms with Gasteiger partial charge in [0.25, 0.3) is 0 Å². The van der Waals surface area contributed by atoms with Crippen LogP contribution in [0.2, 0.25) is 0 Å². The van der Waals surface area contributed by atoms with Crippen LogP contribution in [0, 0.1) is 5.92 Å². The molecule has 0 radical (unpaired) electrons. The monoisotopic (exact) mass is 286 g/mol. The van der Waals surface area contributed by atoms with Crippen molar-refractivity contribution in [1.82, 2.24) is 5.32 Å². The summed E-state index contributed by atoms with van der Waals surface area (Å²) in [7, 11) is 0. The quantitative estimate of drug-likeness (QED) is 0.874. The zero-order valence-electron chi connectivity index (χ0n) is 12.9. The van der Waals surface area contributed by atoms with Crippen LogP contribution in [0.4, 0.5) is 0 Å². The van der Waals surface area contributed by atoms with E-state index in [2.05, 4.69) is 29.6 Å². The molecule has 0 saturated heterocycles. The van der Waals surface area contributed by atoms with E-state index in [0.29, 0.717) is 6.04 Å². The van der Waals surface area contributed by atoms with Crippen molar-refractivity contribution in [1.29, 1.82) is 0 Å². The molecule has 2 saturated carbocycles. The van der Waals surface area contributed by atoms with Gasteiger partial charge in [0.2, 0.25) is 5.91 Å². The first-order valence-electron chi connectivity index (χ1n) is 8.25. The molecule has 3 N–H and O–H groups in total. The van der Waals surface area contributed by atoms with Crippen LogP contribution in [0.5, 0.6) is 0 Å². The third kappa shape index (κ3) is 3.46. The fourth-order valence-corrected chi connectivity index (χ4v) is 3.29. The number of benzene rings is 1. The number of rotatable bonds is 5. The Morgan fingerprint density at radius 2 is 2.10 bits per heavy atom. The summed E-state index contributed by atoms with van der Waals surface area (Å²) in [6, 6.07) is 8.88. The standard InChI is InChI=1S/C18H26N2O/c1-13(17(21)20-16-7-2-3-8-16)11-14-5-4-6-15(12-14)18(19)9-10-18/h4-6,12-13,16H,2-3,7-11,19H2,1H3,(H,20,21). The number of amides is 1. The van der Waals surface area contributed by atoms with Crippen molar-refractivity contribution in [2.24, 2.45) is 11.7 Å². The number of carbonyl (C=O) groups excluding carboxylic acids is 1. The average Bonchev–Trinajstić information content (AvgIpc) is 3.02. The van der Waals surface area contributed by atoms with Crippen LogP contribution >= 0.6 is 0 Å². The van der Waals surface area contributed by atoms with Crippen molar-refractivity contribution in [2.75, 3.05) is 0 Å². The summed E-state index contributed by atoms with van der Waals surface area (Å²) in [5.41, 5.74) is 8.61. The lowest BCUT2D eigenvalue weighted by Gasteiger charge is -2.17. The highest BCUT2D eigenvalue weighted by atomic mass is 16.1. The van der Waals surface area contributed by atoms with Crippen LogP contribution in [0.1, 0.15) is 56.6 Å². The van der Waals surface area contributed by atoms with E-state index < -0.39 is 0 Å². The highest BCUT2D eigenvalue weighted by Gasteiger charge is 2.39. The Hall–Kier alpha value is -1.35. The molecule has 3 rings (SSSR count). The van der Waals surface area contributed by atoms with E-state index in [4.69, 9.17) is 5.73 Å². The molecular weight excluding hydrogens is 260 g/mol. The lowest BCUT2D eigenvalue weighted by Crippen LogP contribution is -2.37. The van der Waals surface area contributed by atoms with Gasteiger partial charge in [-0.1, -0.05) is 44.0 Å². The summed E-state index contributed by atoms with van der Waals surface area (Å²) < 4.78 is 0. The second-order valence-electron chi connectivity index (χ2n) is 6.95. The maximum Gasteiger partial charge on any atom is 0.223 e. The SMILES string of the molecule is CC(Cc1cccc(C2(N)CC2)c1)C(=O)NC1CCCC1. The summed E-state index contributed by atoms with van der Waals surface area (Å²) in [5.74, 6) is 0.218. The maximum atomic E-state index is 12.3. The van der Waals surface area contributed by atoms with Crippen molar-refractivity contribution >= 4 is 5.91 Å². The van der Waals surface area contributed by atoms with Gasteiger partial charge in [-0.15, -0.1) is 0 Å². The predicted molar refractivity (Wildman–Crippen MR) is 84.8 cm³/mol. The summed E-state index contributed by atoms with van der Waals surface area (Å²) in [5, 5.41) is 3.19. The summed E-state index contributed by atoms with van der Waals surface area (Å²) in [4.78, 5) is 12.3. The van der Waals surface area contributed by atoms with E-state index >= 15 is 0 Å². The van der Waals surface area contributed by atoms with E-state index in [0.717, 1.165) is 32.1 Å². The molecule has 1 unspecified atom stereocenters. The van der Waals surface area contributed by atoms with Crippen LogP contribution in [0.15, 0.2) is 24.3 Å². The smallest absolute Gasteiger partial charge is 0.223 e. The Bertz CT molecular complexity index is 516. The first-order chi connectivity index (χ1) is 10.1. The Balaban J connectivity index is 1.58. The van der Waals surface area contributed by atoms with E-state index in [1.807, 2.05) is 6.92 Å². The molecule has 114 valence electrons. The lowest BCUT2D eigenvalue weighted by atomic mass is 9.96. The molecule has 0 aromatic heterocycles. The zero-order chi connectivity index (χ0) is 14.9. The van der Waals surface area contributed by atoms with E-state index in [1.165, 1.54) is 24.0 Å². The van der Waals surface area contributed by atoms with Gasteiger partial charge in [-0.25, -0.2) is 0 Å². The first-order valence-corrected chi connectivity index (χ1v) is 8.25. The lowest BCUT2D eigenvalue weighted by molar-refractivity contribution is -0.125. The van der Waals surface area contributed by atoms with E-state index in [1.54, 1.807) is 0 Å². The molecule has 3 heteroatoms. The minimum Gasteiger partial charge on any atom is -0.353 e. The molecule has 1 amide bonds. The Kier molecular flexibility index (Phi) is 4.03. The number of carbonyl (C=O) groups is 1. The van der Waals surface area contributed by atoms with Crippen molar-refractivity contribution in [2.45, 2.75) is 63.5 Å². The molecule has 21 heavy (non-hydrogen) atoms. The molecular formula is C18H26N2O. The van der Waals surface area contributed by atoms with Gasteiger partial charge in [-0.3, -0.25) is 4.79 Å². The number of nitrogens with one attached hydrogen (secondary N) is 1. The molecule has 1 atom stereocenters. The van der Waals surface area contributed by atoms with Crippen LogP contribution < -0.4 is 11.1 Å². The topological polar surface area (TPSA) is 55.1 Å². The highest BCUT2D eigenvalue weighted by molar-refractivity contribution is 5.78.